The van der Waals surface area contributed by atoms with E-state index in [0.29, 0.717) is 0 Å². The predicted molar refractivity (Wildman–Crippen MR) is 38.2 cm³/mol. The van der Waals surface area contributed by atoms with Crippen molar-refractivity contribution in [3.05, 3.63) is 12.2 Å². The summed E-state index contributed by atoms with van der Waals surface area (Å²) < 4.78 is 21.6. The normalized spacial score (nSPS) is 9.43. The van der Waals surface area contributed by atoms with Gasteiger partial charge in [0.1, 0.15) is 4.31 Å². The van der Waals surface area contributed by atoms with Crippen molar-refractivity contribution in [3.63, 3.8) is 0 Å². The number of hydrogen-bond donors (Lipinski definition) is 1. The molecular weight excluding hydrogens is 284 g/mol. The fourth-order valence-electron chi connectivity index (χ4n) is 0.0544. The molecule has 0 aromatic carbocycles. The summed E-state index contributed by atoms with van der Waals surface area (Å²) in [5.41, 5.74) is 0.810. The van der Waals surface area contributed by atoms with E-state index in [1.165, 1.54) is 0 Å². The maximum Gasteiger partial charge on any atom is 1.00 e. The molecule has 0 bridgehead atoms. The first-order valence-corrected chi connectivity index (χ1v) is 4.81. The fourth-order valence-corrected chi connectivity index (χ4v) is 0.490. The van der Waals surface area contributed by atoms with Crippen LogP contribution < -0.4 is 113 Å². The minimum Gasteiger partial charge on any atom is -0.563 e. The Morgan fingerprint density at radius 1 is 1.36 bits per heavy atom. The summed E-state index contributed by atoms with van der Waals surface area (Å²) in [6, 6.07) is 0. The van der Waals surface area contributed by atoms with Crippen molar-refractivity contribution in [2.75, 3.05) is 6.61 Å². The molecule has 0 amide bonds. The van der Waals surface area contributed by atoms with Crippen molar-refractivity contribution in [1.29, 1.82) is 0 Å². The van der Waals surface area contributed by atoms with E-state index in [1.807, 2.05) is 0 Å². The van der Waals surface area contributed by atoms with Crippen LogP contribution in [0.25, 0.3) is 0 Å². The first-order valence-electron chi connectivity index (χ1n) is 2.62. The van der Waals surface area contributed by atoms with Crippen LogP contribution >= 0.6 is 16.5 Å². The molecule has 1 N–H and O–H groups in total. The van der Waals surface area contributed by atoms with E-state index in [2.05, 4.69) is 10.9 Å². The molecule has 2 unspecified atom stereocenters. The summed E-state index contributed by atoms with van der Waals surface area (Å²) in [4.78, 5) is 18.5. The second-order valence-electron chi connectivity index (χ2n) is 1.64. The second-order valence-corrected chi connectivity index (χ2v) is 3.19. The summed E-state index contributed by atoms with van der Waals surface area (Å²) >= 11 is 0. The molecule has 70 valence electrons. The van der Waals surface area contributed by atoms with Gasteiger partial charge in [0.2, 0.25) is 0 Å². The number of rotatable bonds is 3. The molecule has 0 radical (unpaired) electrons. The van der Waals surface area contributed by atoms with Gasteiger partial charge in [-0.25, -0.2) is 0 Å². The average Bonchev–Trinajstić information content (AvgIpc) is 1.85. The van der Waals surface area contributed by atoms with Crippen molar-refractivity contribution in [1.82, 2.24) is 0 Å². The average molecular weight is 292 g/mol. The Kier molecular flexibility index (Phi) is 33.9. The van der Waals surface area contributed by atoms with E-state index < -0.39 is 16.5 Å². The van der Waals surface area contributed by atoms with Crippen LogP contribution in [0, 0.1) is 0 Å². The van der Waals surface area contributed by atoms with E-state index in [-0.39, 0.29) is 109 Å². The van der Waals surface area contributed by atoms with E-state index in [9.17, 15) is 18.9 Å². The molecule has 0 aromatic heterocycles. The van der Waals surface area contributed by atoms with Crippen LogP contribution in [-0.4, -0.2) is 11.7 Å². The Hall–Kier alpha value is 3.05. The predicted octanol–water partition coefficient (Wildman–Crippen LogP) is -6.40. The monoisotopic (exact) mass is 292 g/mol. The third-order valence-corrected chi connectivity index (χ3v) is 1.47. The Morgan fingerprint density at radius 3 is 1.57 bits per heavy atom. The van der Waals surface area contributed by atoms with Crippen LogP contribution in [0.2, 0.25) is 0 Å². The van der Waals surface area contributed by atoms with E-state index in [1.54, 1.807) is 6.92 Å². The molecule has 14 heavy (non-hydrogen) atoms. The number of aliphatic hydroxyl groups is 1. The van der Waals surface area contributed by atoms with Crippen molar-refractivity contribution in [2.45, 2.75) is 6.92 Å². The van der Waals surface area contributed by atoms with E-state index in [0.717, 1.165) is 5.57 Å². The van der Waals surface area contributed by atoms with Crippen LogP contribution in [-0.2, 0) is 13.4 Å². The van der Waals surface area contributed by atoms with E-state index in [4.69, 9.17) is 5.11 Å². The van der Waals surface area contributed by atoms with Crippen molar-refractivity contribution < 1.29 is 131 Å². The van der Waals surface area contributed by atoms with Gasteiger partial charge in [-0.2, -0.15) is 0 Å². The summed E-state index contributed by atoms with van der Waals surface area (Å²) in [6.07, 6.45) is 0. The van der Waals surface area contributed by atoms with Gasteiger partial charge < -0.3 is 14.9 Å². The summed E-state index contributed by atoms with van der Waals surface area (Å²) in [5, 5.41) is 8.04. The Morgan fingerprint density at radius 2 is 1.57 bits per heavy atom. The third-order valence-electron chi connectivity index (χ3n) is 0.403. The Balaban J connectivity index is -0.0000000651. The van der Waals surface area contributed by atoms with Crippen LogP contribution in [0.1, 0.15) is 6.92 Å². The summed E-state index contributed by atoms with van der Waals surface area (Å²) in [6.45, 7) is 5.31. The molecule has 6 nitrogen and oxygen atoms in total. The van der Waals surface area contributed by atoms with Crippen LogP contribution in [0.4, 0.5) is 0 Å². The van der Waals surface area contributed by atoms with Gasteiger partial charge in [-0.05, 0) is 16.1 Å². The maximum atomic E-state index is 9.24. The van der Waals surface area contributed by atoms with Crippen molar-refractivity contribution in [3.8, 4) is 0 Å². The number of hydrogen-bond acceptors (Lipinski definition) is 6. The minimum atomic E-state index is -3.24. The van der Waals surface area contributed by atoms with Gasteiger partial charge in [0.05, 0.1) is 6.61 Å². The van der Waals surface area contributed by atoms with Crippen LogP contribution in [0.3, 0.4) is 0 Å². The van der Waals surface area contributed by atoms with Gasteiger partial charge in [-0.3, -0.25) is 0 Å². The van der Waals surface area contributed by atoms with Gasteiger partial charge in [0.15, 0.2) is 0 Å². The maximum absolute atomic E-state index is 9.24. The SMILES string of the molecule is C=C(C)CO.O=[P+]([O-])O[P+](=O)[O-].[K+].[K+]. The topological polar surface area (TPSA) is 110 Å². The molecule has 0 aliphatic carbocycles. The molecule has 0 saturated carbocycles. The van der Waals surface area contributed by atoms with Gasteiger partial charge in [-0.1, -0.05) is 12.2 Å². The zero-order valence-corrected chi connectivity index (χ0v) is 16.3. The second kappa shape index (κ2) is 18.4. The molecule has 10 heteroatoms. The standard InChI is InChI=1S/C4H8O.2K.O5P2/c1-4(2)3-5;;;1-6(2)5-7(3)4/h5H,1,3H2,2H3;;;/q;2*+1;. The molecule has 0 saturated heterocycles. The first-order chi connectivity index (χ1) is 5.40. The molecule has 0 aromatic rings. The van der Waals surface area contributed by atoms with Crippen LogP contribution in [0.5, 0.6) is 0 Å². The molecule has 2 atom stereocenters. The first kappa shape index (κ1) is 25.8. The largest absolute Gasteiger partial charge is 1.00 e. The molecular formula is C4H8K2O6P2+2. The zero-order valence-electron chi connectivity index (χ0n) is 8.30. The molecule has 0 aliphatic heterocycles. The molecule has 0 aliphatic rings. The van der Waals surface area contributed by atoms with Crippen molar-refractivity contribution in [2.24, 2.45) is 0 Å². The minimum absolute atomic E-state index is 0. The summed E-state index contributed by atoms with van der Waals surface area (Å²) in [7, 11) is -6.47. The summed E-state index contributed by atoms with van der Waals surface area (Å²) in [5.74, 6) is 0. The quantitative estimate of drug-likeness (QED) is 0.315. The van der Waals surface area contributed by atoms with Crippen molar-refractivity contribution >= 4 is 16.5 Å². The van der Waals surface area contributed by atoms with Gasteiger partial charge in [0.25, 0.3) is 0 Å². The Bertz CT molecular complexity index is 175. The molecule has 0 spiro atoms. The van der Waals surface area contributed by atoms with E-state index >= 15 is 0 Å². The zero-order chi connectivity index (χ0) is 10.1. The molecule has 0 rings (SSSR count). The molecule has 0 fully saturated rings. The van der Waals surface area contributed by atoms with Crippen LogP contribution in [0.15, 0.2) is 12.2 Å². The van der Waals surface area contributed by atoms with Gasteiger partial charge >= 0.3 is 119 Å². The Labute approximate surface area is 169 Å². The third kappa shape index (κ3) is 36.3. The smallest absolute Gasteiger partial charge is 0.563 e. The number of aliphatic hydroxyl groups excluding tert-OH is 1. The molecule has 0 heterocycles. The van der Waals surface area contributed by atoms with Gasteiger partial charge in [0, 0.05) is 0 Å². The van der Waals surface area contributed by atoms with Gasteiger partial charge in [-0.15, -0.1) is 0 Å². The fraction of sp³-hybridized carbons (Fsp3) is 0.500.